The van der Waals surface area contributed by atoms with E-state index in [1.807, 2.05) is 18.2 Å². The summed E-state index contributed by atoms with van der Waals surface area (Å²) in [6, 6.07) is 16.9. The molecule has 2 aromatic carbocycles. The van der Waals surface area contributed by atoms with E-state index in [0.29, 0.717) is 0 Å². The Bertz CT molecular complexity index is 655. The van der Waals surface area contributed by atoms with Crippen molar-refractivity contribution >= 4 is 0 Å². The first kappa shape index (κ1) is 11.8. The van der Waals surface area contributed by atoms with E-state index < -0.39 is 0 Å². The highest BCUT2D eigenvalue weighted by molar-refractivity contribution is 5.47. The van der Waals surface area contributed by atoms with Crippen molar-refractivity contribution < 1.29 is 4.74 Å². The Morgan fingerprint density at radius 2 is 1.89 bits per heavy atom. The van der Waals surface area contributed by atoms with E-state index in [4.69, 9.17) is 4.74 Å². The summed E-state index contributed by atoms with van der Waals surface area (Å²) in [7, 11) is 1.66. The summed E-state index contributed by atoms with van der Waals surface area (Å²) in [5.41, 5.74) is 4.95. The van der Waals surface area contributed by atoms with Gasteiger partial charge in [-0.3, -0.25) is 0 Å². The second-order valence-electron chi connectivity index (χ2n) is 4.90. The average molecular weight is 249 g/mol. The number of hydrogen-bond acceptors (Lipinski definition) is 2. The summed E-state index contributed by atoms with van der Waals surface area (Å²) < 4.78 is 5.28. The van der Waals surface area contributed by atoms with Crippen LogP contribution in [0.2, 0.25) is 0 Å². The minimum atomic E-state index is -0.0891. The summed E-state index contributed by atoms with van der Waals surface area (Å²) >= 11 is 0. The molecule has 2 heteroatoms. The lowest BCUT2D eigenvalue weighted by atomic mass is 9.92. The van der Waals surface area contributed by atoms with Crippen molar-refractivity contribution in [2.75, 3.05) is 7.11 Å². The van der Waals surface area contributed by atoms with Crippen LogP contribution in [-0.2, 0) is 12.8 Å². The van der Waals surface area contributed by atoms with E-state index in [-0.39, 0.29) is 5.92 Å². The Morgan fingerprint density at radius 3 is 2.63 bits per heavy atom. The molecule has 0 N–H and O–H groups in total. The van der Waals surface area contributed by atoms with Crippen LogP contribution in [0.4, 0.5) is 0 Å². The number of hydrogen-bond donors (Lipinski definition) is 0. The first-order valence-corrected chi connectivity index (χ1v) is 6.45. The van der Waals surface area contributed by atoms with Crippen LogP contribution < -0.4 is 4.74 Å². The van der Waals surface area contributed by atoms with Crippen molar-refractivity contribution in [2.45, 2.75) is 18.8 Å². The first-order valence-electron chi connectivity index (χ1n) is 6.45. The maximum atomic E-state index is 9.46. The molecule has 2 nitrogen and oxygen atoms in total. The predicted octanol–water partition coefficient (Wildman–Crippen LogP) is 3.45. The average Bonchev–Trinajstić information content (AvgIpc) is 2.62. The summed E-state index contributed by atoms with van der Waals surface area (Å²) in [5, 5.41) is 9.46. The highest BCUT2D eigenvalue weighted by Crippen LogP contribution is 2.33. The zero-order valence-electron chi connectivity index (χ0n) is 10.9. The van der Waals surface area contributed by atoms with E-state index in [9.17, 15) is 5.26 Å². The molecule has 0 aliphatic heterocycles. The summed E-state index contributed by atoms with van der Waals surface area (Å²) in [4.78, 5) is 0. The van der Waals surface area contributed by atoms with Gasteiger partial charge in [0.05, 0.1) is 19.1 Å². The van der Waals surface area contributed by atoms with Crippen LogP contribution in [0.5, 0.6) is 5.75 Å². The van der Waals surface area contributed by atoms with Gasteiger partial charge in [-0.2, -0.15) is 5.26 Å². The van der Waals surface area contributed by atoms with Crippen molar-refractivity contribution in [3.8, 4) is 11.8 Å². The topological polar surface area (TPSA) is 33.0 Å². The summed E-state index contributed by atoms with van der Waals surface area (Å²) in [6.45, 7) is 0. The Balaban J connectivity index is 2.14. The highest BCUT2D eigenvalue weighted by Gasteiger charge is 2.22. The molecule has 19 heavy (non-hydrogen) atoms. The Labute approximate surface area is 113 Å². The van der Waals surface area contributed by atoms with E-state index in [1.165, 1.54) is 16.7 Å². The molecular weight excluding hydrogens is 234 g/mol. The first-order chi connectivity index (χ1) is 9.31. The lowest BCUT2D eigenvalue weighted by Crippen LogP contribution is -2.01. The lowest BCUT2D eigenvalue weighted by molar-refractivity contribution is 0.414. The van der Waals surface area contributed by atoms with Gasteiger partial charge in [0, 0.05) is 0 Å². The second-order valence-corrected chi connectivity index (χ2v) is 4.90. The molecule has 0 heterocycles. The Morgan fingerprint density at radius 1 is 1.11 bits per heavy atom. The van der Waals surface area contributed by atoms with Crippen molar-refractivity contribution in [2.24, 2.45) is 0 Å². The maximum Gasteiger partial charge on any atom is 0.119 e. The fraction of sp³-hybridized carbons (Fsp3) is 0.235. The van der Waals surface area contributed by atoms with Gasteiger partial charge < -0.3 is 4.74 Å². The van der Waals surface area contributed by atoms with E-state index in [0.717, 1.165) is 24.2 Å². The SMILES string of the molecule is COc1ccc2c(c1)[C@H](C#N)Cc1ccccc1C2. The standard InChI is InChI=1S/C17H15NO/c1-19-16-7-6-14-8-12-4-2-3-5-13(12)9-15(11-18)17(14)10-16/h2-7,10,15H,8-9H2,1H3/t15-/m0/s1. The summed E-state index contributed by atoms with van der Waals surface area (Å²) in [6.07, 6.45) is 1.68. The van der Waals surface area contributed by atoms with E-state index in [1.54, 1.807) is 7.11 Å². The molecule has 0 unspecified atom stereocenters. The van der Waals surface area contributed by atoms with Gasteiger partial charge in [0.2, 0.25) is 0 Å². The molecule has 1 atom stereocenters. The van der Waals surface area contributed by atoms with Gasteiger partial charge in [0.1, 0.15) is 5.75 Å². The number of methoxy groups -OCH3 is 1. The molecule has 0 bridgehead atoms. The molecule has 94 valence electrons. The Hall–Kier alpha value is -2.27. The molecule has 0 saturated heterocycles. The zero-order valence-corrected chi connectivity index (χ0v) is 10.9. The molecule has 0 spiro atoms. The van der Waals surface area contributed by atoms with Gasteiger partial charge >= 0.3 is 0 Å². The molecule has 0 fully saturated rings. The molecule has 0 amide bonds. The largest absolute Gasteiger partial charge is 0.497 e. The molecule has 3 rings (SSSR count). The van der Waals surface area contributed by atoms with Crippen LogP contribution in [-0.4, -0.2) is 7.11 Å². The number of fused-ring (bicyclic) bond motifs is 2. The molecule has 2 aromatic rings. The molecule has 0 saturated carbocycles. The number of nitrogens with zero attached hydrogens (tertiary/aromatic N) is 1. The van der Waals surface area contributed by atoms with Crippen molar-refractivity contribution in [1.29, 1.82) is 5.26 Å². The van der Waals surface area contributed by atoms with Crippen LogP contribution >= 0.6 is 0 Å². The van der Waals surface area contributed by atoms with Crippen LogP contribution in [0.25, 0.3) is 0 Å². The van der Waals surface area contributed by atoms with E-state index in [2.05, 4.69) is 30.3 Å². The van der Waals surface area contributed by atoms with Gasteiger partial charge in [0.15, 0.2) is 0 Å². The van der Waals surface area contributed by atoms with E-state index >= 15 is 0 Å². The molecule has 1 aliphatic carbocycles. The van der Waals surface area contributed by atoms with Crippen molar-refractivity contribution in [3.05, 3.63) is 64.7 Å². The van der Waals surface area contributed by atoms with Gasteiger partial charge in [-0.1, -0.05) is 30.3 Å². The number of benzene rings is 2. The van der Waals surface area contributed by atoms with Crippen LogP contribution in [0, 0.1) is 11.3 Å². The van der Waals surface area contributed by atoms with Crippen molar-refractivity contribution in [3.63, 3.8) is 0 Å². The third-order valence-electron chi connectivity index (χ3n) is 3.81. The third-order valence-corrected chi connectivity index (χ3v) is 3.81. The van der Waals surface area contributed by atoms with Crippen molar-refractivity contribution in [1.82, 2.24) is 0 Å². The number of nitriles is 1. The van der Waals surface area contributed by atoms with Crippen LogP contribution in [0.1, 0.15) is 28.2 Å². The quantitative estimate of drug-likeness (QED) is 0.775. The zero-order chi connectivity index (χ0) is 13.2. The minimum Gasteiger partial charge on any atom is -0.497 e. The fourth-order valence-corrected chi connectivity index (χ4v) is 2.76. The van der Waals surface area contributed by atoms with Crippen LogP contribution in [0.3, 0.4) is 0 Å². The third kappa shape index (κ3) is 2.08. The second kappa shape index (κ2) is 4.78. The van der Waals surface area contributed by atoms with Gasteiger partial charge in [-0.25, -0.2) is 0 Å². The predicted molar refractivity (Wildman–Crippen MR) is 74.3 cm³/mol. The number of ether oxygens (including phenoxy) is 1. The maximum absolute atomic E-state index is 9.46. The lowest BCUT2D eigenvalue weighted by Gasteiger charge is -2.12. The summed E-state index contributed by atoms with van der Waals surface area (Å²) in [5.74, 6) is 0.735. The smallest absolute Gasteiger partial charge is 0.119 e. The minimum absolute atomic E-state index is 0.0891. The normalized spacial score (nSPS) is 16.7. The Kier molecular flexibility index (Phi) is 2.97. The fourth-order valence-electron chi connectivity index (χ4n) is 2.76. The monoisotopic (exact) mass is 249 g/mol. The highest BCUT2D eigenvalue weighted by atomic mass is 16.5. The van der Waals surface area contributed by atoms with Gasteiger partial charge in [-0.15, -0.1) is 0 Å². The van der Waals surface area contributed by atoms with Gasteiger partial charge in [0.25, 0.3) is 0 Å². The molecular formula is C17H15NO. The van der Waals surface area contributed by atoms with Crippen LogP contribution in [0.15, 0.2) is 42.5 Å². The van der Waals surface area contributed by atoms with Gasteiger partial charge in [-0.05, 0) is 47.2 Å². The number of rotatable bonds is 1. The molecule has 1 aliphatic rings. The molecule has 0 radical (unpaired) electrons. The molecule has 0 aromatic heterocycles.